The van der Waals surface area contributed by atoms with Gasteiger partial charge in [-0.15, -0.1) is 0 Å². The topological polar surface area (TPSA) is 58.2 Å². The van der Waals surface area contributed by atoms with E-state index in [0.717, 1.165) is 12.0 Å². The molecule has 0 fully saturated rings. The molecule has 2 amide bonds. The second kappa shape index (κ2) is 9.60. The fourth-order valence-corrected chi connectivity index (χ4v) is 2.82. The zero-order chi connectivity index (χ0) is 19.1. The second-order valence-electron chi connectivity index (χ2n) is 6.10. The van der Waals surface area contributed by atoms with Crippen LogP contribution in [0.2, 0.25) is 10.0 Å². The molecule has 0 saturated carbocycles. The maximum atomic E-state index is 12.2. The van der Waals surface area contributed by atoms with Crippen molar-refractivity contribution in [2.75, 3.05) is 6.54 Å². The van der Waals surface area contributed by atoms with Gasteiger partial charge in [0.1, 0.15) is 0 Å². The van der Waals surface area contributed by atoms with Gasteiger partial charge >= 0.3 is 0 Å². The van der Waals surface area contributed by atoms with E-state index in [9.17, 15) is 9.59 Å². The maximum absolute atomic E-state index is 12.2. The standard InChI is InChI=1S/C20H22Cl2N2O2/c1-3-13(2)24-20(26)16-6-4-15(5-7-16)19(25)23-11-10-14-8-9-17(21)12-18(14)22/h4-9,12-13H,3,10-11H2,1-2H3,(H,23,25)(H,24,26). The molecule has 2 rings (SSSR count). The molecule has 0 radical (unpaired) electrons. The van der Waals surface area contributed by atoms with Crippen LogP contribution in [-0.2, 0) is 6.42 Å². The summed E-state index contributed by atoms with van der Waals surface area (Å²) in [5, 5.41) is 6.91. The van der Waals surface area contributed by atoms with Crippen LogP contribution in [0.5, 0.6) is 0 Å². The fraction of sp³-hybridized carbons (Fsp3) is 0.300. The van der Waals surface area contributed by atoms with Gasteiger partial charge in [0.05, 0.1) is 0 Å². The van der Waals surface area contributed by atoms with Gasteiger partial charge in [-0.3, -0.25) is 9.59 Å². The molecule has 4 nitrogen and oxygen atoms in total. The first-order chi connectivity index (χ1) is 12.4. The molecule has 0 saturated heterocycles. The van der Waals surface area contributed by atoms with Gasteiger partial charge in [0.15, 0.2) is 0 Å². The van der Waals surface area contributed by atoms with E-state index in [1.165, 1.54) is 0 Å². The molecule has 0 aliphatic carbocycles. The Balaban J connectivity index is 1.88. The first kappa shape index (κ1) is 20.3. The lowest BCUT2D eigenvalue weighted by atomic mass is 10.1. The first-order valence-corrected chi connectivity index (χ1v) is 9.29. The largest absolute Gasteiger partial charge is 0.352 e. The number of rotatable bonds is 7. The Labute approximate surface area is 163 Å². The Morgan fingerprint density at radius 3 is 2.19 bits per heavy atom. The van der Waals surface area contributed by atoms with Gasteiger partial charge in [-0.2, -0.15) is 0 Å². The second-order valence-corrected chi connectivity index (χ2v) is 6.95. The zero-order valence-corrected chi connectivity index (χ0v) is 16.3. The lowest BCUT2D eigenvalue weighted by Crippen LogP contribution is -2.32. The molecule has 1 atom stereocenters. The molecule has 138 valence electrons. The first-order valence-electron chi connectivity index (χ1n) is 8.53. The highest BCUT2D eigenvalue weighted by atomic mass is 35.5. The highest BCUT2D eigenvalue weighted by molar-refractivity contribution is 6.35. The van der Waals surface area contributed by atoms with E-state index in [1.807, 2.05) is 19.9 Å². The number of nitrogens with one attached hydrogen (secondary N) is 2. The van der Waals surface area contributed by atoms with E-state index in [2.05, 4.69) is 10.6 Å². The summed E-state index contributed by atoms with van der Waals surface area (Å²) in [6.07, 6.45) is 1.47. The summed E-state index contributed by atoms with van der Waals surface area (Å²) >= 11 is 12.0. The normalized spacial score (nSPS) is 11.7. The van der Waals surface area contributed by atoms with Crippen molar-refractivity contribution in [1.82, 2.24) is 10.6 Å². The van der Waals surface area contributed by atoms with Crippen molar-refractivity contribution in [2.45, 2.75) is 32.7 Å². The van der Waals surface area contributed by atoms with Crippen LogP contribution in [0.3, 0.4) is 0 Å². The Morgan fingerprint density at radius 1 is 1.00 bits per heavy atom. The Bertz CT molecular complexity index is 776. The highest BCUT2D eigenvalue weighted by Gasteiger charge is 2.10. The molecule has 2 aromatic rings. The van der Waals surface area contributed by atoms with Crippen molar-refractivity contribution < 1.29 is 9.59 Å². The monoisotopic (exact) mass is 392 g/mol. The van der Waals surface area contributed by atoms with Gasteiger partial charge in [-0.1, -0.05) is 36.2 Å². The Morgan fingerprint density at radius 2 is 1.62 bits per heavy atom. The van der Waals surface area contributed by atoms with E-state index < -0.39 is 0 Å². The third-order valence-electron chi connectivity index (χ3n) is 4.09. The van der Waals surface area contributed by atoms with Crippen molar-refractivity contribution >= 4 is 35.0 Å². The summed E-state index contributed by atoms with van der Waals surface area (Å²) in [4.78, 5) is 24.3. The smallest absolute Gasteiger partial charge is 0.251 e. The van der Waals surface area contributed by atoms with E-state index in [-0.39, 0.29) is 17.9 Å². The summed E-state index contributed by atoms with van der Waals surface area (Å²) < 4.78 is 0. The maximum Gasteiger partial charge on any atom is 0.251 e. The fourth-order valence-electron chi connectivity index (χ4n) is 2.32. The molecule has 1 unspecified atom stereocenters. The molecule has 2 N–H and O–H groups in total. The SMILES string of the molecule is CCC(C)NC(=O)c1ccc(C(=O)NCCc2ccc(Cl)cc2Cl)cc1. The molecular formula is C20H22Cl2N2O2. The number of amides is 2. The summed E-state index contributed by atoms with van der Waals surface area (Å²) in [7, 11) is 0. The third-order valence-corrected chi connectivity index (χ3v) is 4.68. The van der Waals surface area contributed by atoms with E-state index >= 15 is 0 Å². The number of carbonyl (C=O) groups is 2. The molecule has 0 spiro atoms. The van der Waals surface area contributed by atoms with Crippen LogP contribution in [0.15, 0.2) is 42.5 Å². The predicted molar refractivity (Wildman–Crippen MR) is 106 cm³/mol. The van der Waals surface area contributed by atoms with Crippen molar-refractivity contribution in [1.29, 1.82) is 0 Å². The Kier molecular flexibility index (Phi) is 7.49. The molecule has 6 heteroatoms. The van der Waals surface area contributed by atoms with Gasteiger partial charge in [-0.05, 0) is 61.7 Å². The molecular weight excluding hydrogens is 371 g/mol. The van der Waals surface area contributed by atoms with Gasteiger partial charge < -0.3 is 10.6 Å². The molecule has 26 heavy (non-hydrogen) atoms. The van der Waals surface area contributed by atoms with Gasteiger partial charge in [0.2, 0.25) is 0 Å². The van der Waals surface area contributed by atoms with E-state index in [4.69, 9.17) is 23.2 Å². The van der Waals surface area contributed by atoms with Gasteiger partial charge in [0.25, 0.3) is 11.8 Å². The minimum absolute atomic E-state index is 0.116. The Hall–Kier alpha value is -2.04. The van der Waals surface area contributed by atoms with Crippen LogP contribution in [0.25, 0.3) is 0 Å². The van der Waals surface area contributed by atoms with E-state index in [0.29, 0.717) is 34.1 Å². The number of hydrogen-bond donors (Lipinski definition) is 2. The van der Waals surface area contributed by atoms with Crippen LogP contribution < -0.4 is 10.6 Å². The predicted octanol–water partition coefficient (Wildman–Crippen LogP) is 4.49. The highest BCUT2D eigenvalue weighted by Crippen LogP contribution is 2.21. The quantitative estimate of drug-likeness (QED) is 0.728. The molecule has 0 aliphatic rings. The van der Waals surface area contributed by atoms with Crippen molar-refractivity contribution in [2.24, 2.45) is 0 Å². The van der Waals surface area contributed by atoms with Crippen LogP contribution in [0, 0.1) is 0 Å². The summed E-state index contributed by atoms with van der Waals surface area (Å²) in [5.41, 5.74) is 1.97. The minimum Gasteiger partial charge on any atom is -0.352 e. The zero-order valence-electron chi connectivity index (χ0n) is 14.8. The lowest BCUT2D eigenvalue weighted by molar-refractivity contribution is 0.0932. The summed E-state index contributed by atoms with van der Waals surface area (Å²) in [6, 6.07) is 12.0. The van der Waals surface area contributed by atoms with Crippen LogP contribution >= 0.6 is 23.2 Å². The van der Waals surface area contributed by atoms with Gasteiger partial charge in [-0.25, -0.2) is 0 Å². The van der Waals surface area contributed by atoms with Crippen molar-refractivity contribution in [3.05, 3.63) is 69.2 Å². The number of halogens is 2. The molecule has 0 bridgehead atoms. The van der Waals surface area contributed by atoms with Gasteiger partial charge in [0, 0.05) is 33.8 Å². The van der Waals surface area contributed by atoms with E-state index in [1.54, 1.807) is 36.4 Å². The average Bonchev–Trinajstić information content (AvgIpc) is 2.63. The number of carbonyl (C=O) groups excluding carboxylic acids is 2. The summed E-state index contributed by atoms with van der Waals surface area (Å²) in [6.45, 7) is 4.42. The van der Waals surface area contributed by atoms with Crippen LogP contribution in [0.1, 0.15) is 46.5 Å². The molecule has 2 aromatic carbocycles. The molecule has 0 heterocycles. The lowest BCUT2D eigenvalue weighted by Gasteiger charge is -2.11. The average molecular weight is 393 g/mol. The van der Waals surface area contributed by atoms with Crippen molar-refractivity contribution in [3.63, 3.8) is 0 Å². The van der Waals surface area contributed by atoms with Crippen LogP contribution in [-0.4, -0.2) is 24.4 Å². The number of benzene rings is 2. The summed E-state index contributed by atoms with van der Waals surface area (Å²) in [5.74, 6) is -0.326. The number of hydrogen-bond acceptors (Lipinski definition) is 2. The minimum atomic E-state index is -0.191. The third kappa shape index (κ3) is 5.75. The molecule has 0 aromatic heterocycles. The van der Waals surface area contributed by atoms with Crippen molar-refractivity contribution in [3.8, 4) is 0 Å². The van der Waals surface area contributed by atoms with Crippen LogP contribution in [0.4, 0.5) is 0 Å². The molecule has 0 aliphatic heterocycles.